The Labute approximate surface area is 146 Å². The molecule has 3 aliphatic rings. The number of benzene rings is 1. The molecule has 9 heteroatoms. The number of carbonyl (C=O) groups is 3. The van der Waals surface area contributed by atoms with Crippen LogP contribution in [0.15, 0.2) is 30.4 Å². The maximum Gasteiger partial charge on any atom is 0.586 e. The quantitative estimate of drug-likeness (QED) is 0.654. The highest BCUT2D eigenvalue weighted by Gasteiger charge is 2.47. The minimum absolute atomic E-state index is 0.144. The average molecular weight is 364 g/mol. The van der Waals surface area contributed by atoms with Crippen LogP contribution in [0.25, 0.3) is 0 Å². The van der Waals surface area contributed by atoms with Crippen LogP contribution in [0, 0.1) is 11.8 Å². The van der Waals surface area contributed by atoms with Crippen molar-refractivity contribution in [2.45, 2.75) is 19.1 Å². The lowest BCUT2D eigenvalue weighted by atomic mass is 9.85. The van der Waals surface area contributed by atoms with Crippen LogP contribution in [-0.2, 0) is 14.4 Å². The maximum atomic E-state index is 13.0. The monoisotopic (exact) mass is 364 g/mol. The molecule has 1 fully saturated rings. The molecule has 26 heavy (non-hydrogen) atoms. The molecule has 2 heterocycles. The van der Waals surface area contributed by atoms with Crippen molar-refractivity contribution in [3.05, 3.63) is 30.4 Å². The van der Waals surface area contributed by atoms with Gasteiger partial charge < -0.3 is 14.8 Å². The Morgan fingerprint density at radius 2 is 1.73 bits per heavy atom. The fraction of sp³-hybridized carbons (Fsp3) is 0.353. The van der Waals surface area contributed by atoms with Crippen molar-refractivity contribution in [1.82, 2.24) is 4.90 Å². The van der Waals surface area contributed by atoms with Crippen molar-refractivity contribution in [2.24, 2.45) is 11.8 Å². The summed E-state index contributed by atoms with van der Waals surface area (Å²) in [6.45, 7) is -0.421. The predicted molar refractivity (Wildman–Crippen MR) is 83.3 cm³/mol. The van der Waals surface area contributed by atoms with Gasteiger partial charge in [0, 0.05) is 11.8 Å². The smallest absolute Gasteiger partial charge is 0.395 e. The molecule has 1 saturated heterocycles. The van der Waals surface area contributed by atoms with E-state index >= 15 is 0 Å². The number of alkyl halides is 2. The summed E-state index contributed by atoms with van der Waals surface area (Å²) < 4.78 is 34.6. The number of rotatable bonds is 3. The number of allylic oxidation sites excluding steroid dienone is 2. The summed E-state index contributed by atoms with van der Waals surface area (Å²) in [4.78, 5) is 37.8. The van der Waals surface area contributed by atoms with E-state index in [4.69, 9.17) is 0 Å². The first-order valence-corrected chi connectivity index (χ1v) is 8.04. The van der Waals surface area contributed by atoms with Gasteiger partial charge in [0.05, 0.1) is 11.8 Å². The van der Waals surface area contributed by atoms with Crippen molar-refractivity contribution >= 4 is 23.4 Å². The molecule has 0 saturated carbocycles. The second-order valence-corrected chi connectivity index (χ2v) is 6.30. The first kappa shape index (κ1) is 16.5. The normalized spacial score (nSPS) is 25.4. The molecule has 136 valence electrons. The Kier molecular flexibility index (Phi) is 3.67. The van der Waals surface area contributed by atoms with E-state index in [0.717, 1.165) is 4.90 Å². The molecule has 3 amide bonds. The summed E-state index contributed by atoms with van der Waals surface area (Å²) in [5.41, 5.74) is 0.188. The number of hydrogen-bond donors (Lipinski definition) is 1. The van der Waals surface area contributed by atoms with Crippen LogP contribution in [0.2, 0.25) is 0 Å². The fourth-order valence-electron chi connectivity index (χ4n) is 3.40. The van der Waals surface area contributed by atoms with Gasteiger partial charge in [-0.15, -0.1) is 8.78 Å². The minimum atomic E-state index is -3.75. The number of halogens is 2. The average Bonchev–Trinajstić information content (AvgIpc) is 3.02. The molecule has 2 aliphatic heterocycles. The molecule has 1 aromatic rings. The number of nitrogens with one attached hydrogen (secondary N) is 1. The molecule has 1 N–H and O–H groups in total. The van der Waals surface area contributed by atoms with Crippen LogP contribution >= 0.6 is 0 Å². The van der Waals surface area contributed by atoms with Crippen LogP contribution < -0.4 is 14.8 Å². The highest BCUT2D eigenvalue weighted by atomic mass is 19.3. The lowest BCUT2D eigenvalue weighted by Crippen LogP contribution is -2.38. The molecule has 0 bridgehead atoms. The van der Waals surface area contributed by atoms with Gasteiger partial charge in [-0.2, -0.15) is 0 Å². The Hall–Kier alpha value is -2.97. The number of hydrogen-bond acceptors (Lipinski definition) is 5. The van der Waals surface area contributed by atoms with Crippen molar-refractivity contribution in [2.75, 3.05) is 11.9 Å². The lowest BCUT2D eigenvalue weighted by molar-refractivity contribution is -0.286. The highest BCUT2D eigenvalue weighted by molar-refractivity contribution is 6.08. The van der Waals surface area contributed by atoms with Gasteiger partial charge in [0.2, 0.25) is 17.7 Å². The molecule has 1 aromatic carbocycles. The van der Waals surface area contributed by atoms with Crippen molar-refractivity contribution in [3.63, 3.8) is 0 Å². The zero-order chi connectivity index (χ0) is 18.5. The molecule has 4 rings (SSSR count). The molecular formula is C17H14F2N2O5. The minimum Gasteiger partial charge on any atom is -0.395 e. The number of fused-ring (bicyclic) bond motifs is 2. The van der Waals surface area contributed by atoms with E-state index in [2.05, 4.69) is 14.8 Å². The fourth-order valence-corrected chi connectivity index (χ4v) is 3.40. The Bertz CT molecular complexity index is 812. The molecule has 7 nitrogen and oxygen atoms in total. The third kappa shape index (κ3) is 2.79. The topological polar surface area (TPSA) is 84.9 Å². The third-order valence-electron chi connectivity index (χ3n) is 4.59. The van der Waals surface area contributed by atoms with Crippen LogP contribution in [0.1, 0.15) is 12.8 Å². The first-order valence-electron chi connectivity index (χ1n) is 8.04. The molecule has 1 aliphatic carbocycles. The Morgan fingerprint density at radius 3 is 2.38 bits per heavy atom. The number of likely N-dealkylation sites (tertiary alicyclic amines) is 1. The largest absolute Gasteiger partial charge is 0.586 e. The summed E-state index contributed by atoms with van der Waals surface area (Å²) in [6, 6.07) is 3.78. The van der Waals surface area contributed by atoms with E-state index in [1.807, 2.05) is 12.2 Å². The maximum absolute atomic E-state index is 13.0. The van der Waals surface area contributed by atoms with Crippen molar-refractivity contribution < 1.29 is 32.6 Å². The Morgan fingerprint density at radius 1 is 1.12 bits per heavy atom. The highest BCUT2D eigenvalue weighted by Crippen LogP contribution is 2.42. The standard InChI is InChI=1S/C17H14F2N2O5/c18-17(19)25-12-6-5-9(7-13(12)26-17)20-14(22)8-21-15(23)10-3-1-2-4-11(10)16(21)24/h1-2,5-7,10-11H,3-4,8H2,(H,20,22)/t10-,11-/m1/s1. The number of anilines is 1. The molecule has 0 unspecified atom stereocenters. The Balaban J connectivity index is 1.42. The van der Waals surface area contributed by atoms with Crippen LogP contribution in [-0.4, -0.2) is 35.5 Å². The molecule has 0 spiro atoms. The van der Waals surface area contributed by atoms with Gasteiger partial charge in [-0.1, -0.05) is 12.2 Å². The third-order valence-corrected chi connectivity index (χ3v) is 4.59. The number of nitrogens with zero attached hydrogens (tertiary/aromatic N) is 1. The van der Waals surface area contributed by atoms with E-state index in [0.29, 0.717) is 12.8 Å². The number of carbonyl (C=O) groups excluding carboxylic acids is 3. The van der Waals surface area contributed by atoms with Gasteiger partial charge >= 0.3 is 6.29 Å². The zero-order valence-electron chi connectivity index (χ0n) is 13.4. The second kappa shape index (κ2) is 5.79. The van der Waals surface area contributed by atoms with Crippen molar-refractivity contribution in [3.8, 4) is 11.5 Å². The molecule has 0 radical (unpaired) electrons. The van der Waals surface area contributed by atoms with E-state index in [1.54, 1.807) is 0 Å². The van der Waals surface area contributed by atoms with E-state index in [9.17, 15) is 23.2 Å². The van der Waals surface area contributed by atoms with Crippen LogP contribution in [0.5, 0.6) is 11.5 Å². The van der Waals surface area contributed by atoms with E-state index < -0.39 is 30.6 Å². The van der Waals surface area contributed by atoms with Crippen LogP contribution in [0.3, 0.4) is 0 Å². The lowest BCUT2D eigenvalue weighted by Gasteiger charge is -2.14. The van der Waals surface area contributed by atoms with Crippen LogP contribution in [0.4, 0.5) is 14.5 Å². The van der Waals surface area contributed by atoms with E-state index in [-0.39, 0.29) is 29.0 Å². The van der Waals surface area contributed by atoms with Gasteiger partial charge in [-0.3, -0.25) is 19.3 Å². The number of amides is 3. The van der Waals surface area contributed by atoms with Crippen molar-refractivity contribution in [1.29, 1.82) is 0 Å². The summed E-state index contributed by atoms with van der Waals surface area (Å²) in [5, 5.41) is 2.47. The van der Waals surface area contributed by atoms with Gasteiger partial charge in [0.25, 0.3) is 0 Å². The van der Waals surface area contributed by atoms with E-state index in [1.165, 1.54) is 18.2 Å². The first-order chi connectivity index (χ1) is 12.3. The summed E-state index contributed by atoms with van der Waals surface area (Å²) in [6.07, 6.45) is 0.952. The SMILES string of the molecule is O=C(CN1C(=O)[C@@H]2CC=CC[C@H]2C1=O)Nc1ccc2c(c1)OC(F)(F)O2. The van der Waals surface area contributed by atoms with Gasteiger partial charge in [-0.05, 0) is 25.0 Å². The van der Waals surface area contributed by atoms with Gasteiger partial charge in [0.15, 0.2) is 11.5 Å². The molecule has 2 atom stereocenters. The number of imide groups is 1. The summed E-state index contributed by atoms with van der Waals surface area (Å²) in [5.74, 6) is -2.49. The molecular weight excluding hydrogens is 350 g/mol. The second-order valence-electron chi connectivity index (χ2n) is 6.30. The van der Waals surface area contributed by atoms with Gasteiger partial charge in [0.1, 0.15) is 6.54 Å². The molecule has 0 aromatic heterocycles. The zero-order valence-corrected chi connectivity index (χ0v) is 13.4. The summed E-state index contributed by atoms with van der Waals surface area (Å²) in [7, 11) is 0. The van der Waals surface area contributed by atoms with Gasteiger partial charge in [-0.25, -0.2) is 0 Å². The number of ether oxygens (including phenoxy) is 2. The predicted octanol–water partition coefficient (Wildman–Crippen LogP) is 1.90. The summed E-state index contributed by atoms with van der Waals surface area (Å²) >= 11 is 0.